The predicted molar refractivity (Wildman–Crippen MR) is 151 cm³/mol. The van der Waals surface area contributed by atoms with Crippen LogP contribution in [0, 0.1) is 0 Å². The molecule has 0 aromatic heterocycles. The number of sulfonamides is 1. The summed E-state index contributed by atoms with van der Waals surface area (Å²) in [7, 11) is -2.13. The van der Waals surface area contributed by atoms with Gasteiger partial charge in [0.25, 0.3) is 0 Å². The average Bonchev–Trinajstić information content (AvgIpc) is 3.40. The number of anilines is 1. The van der Waals surface area contributed by atoms with Gasteiger partial charge in [-0.15, -0.1) is 0 Å². The third kappa shape index (κ3) is 8.11. The largest absolute Gasteiger partial charge is 0.495 e. The highest BCUT2D eigenvalue weighted by Gasteiger charge is 2.31. The van der Waals surface area contributed by atoms with Gasteiger partial charge >= 0.3 is 0 Å². The summed E-state index contributed by atoms with van der Waals surface area (Å²) in [6.45, 7) is 2.26. The fraction of sp³-hybridized carbons (Fsp3) is 0.500. The summed E-state index contributed by atoms with van der Waals surface area (Å²) in [5.41, 5.74) is 1.28. The van der Waals surface area contributed by atoms with Crippen LogP contribution in [0.1, 0.15) is 57.4 Å². The second-order valence-electron chi connectivity index (χ2n) is 9.67. The molecule has 0 saturated heterocycles. The predicted octanol–water partition coefficient (Wildman–Crippen LogP) is 4.76. The van der Waals surface area contributed by atoms with Gasteiger partial charge in [-0.3, -0.25) is 13.9 Å². The lowest BCUT2D eigenvalue weighted by molar-refractivity contribution is -0.141. The molecular formula is C28H38ClN3O5S. The number of benzene rings is 2. The second kappa shape index (κ2) is 13.8. The SMILES string of the molecule is CC[C@H](C(=O)NC1CCCC1)N(Cc1ccc(Cl)cc1)C(=O)CCCN(c1ccccc1OC)S(C)(=O)=O. The van der Waals surface area contributed by atoms with Crippen molar-refractivity contribution in [1.29, 1.82) is 0 Å². The Labute approximate surface area is 231 Å². The minimum Gasteiger partial charge on any atom is -0.495 e. The van der Waals surface area contributed by atoms with Gasteiger partial charge in [0.2, 0.25) is 21.8 Å². The standard InChI is InChI=1S/C28H38ClN3O5S/c1-4-24(28(34)30-23-10-5-6-11-23)31(20-21-15-17-22(29)18-16-21)27(33)14-9-19-32(38(3,35)36)25-12-7-8-13-26(25)37-2/h7-8,12-13,15-18,23-24H,4-6,9-11,14,19-20H2,1-3H3,(H,30,34)/t24-/m1/s1. The molecule has 0 aliphatic heterocycles. The summed E-state index contributed by atoms with van der Waals surface area (Å²) in [5, 5.41) is 3.73. The topological polar surface area (TPSA) is 96.0 Å². The van der Waals surface area contributed by atoms with Crippen LogP contribution in [-0.4, -0.2) is 57.1 Å². The number of ether oxygens (including phenoxy) is 1. The van der Waals surface area contributed by atoms with Crippen molar-refractivity contribution >= 4 is 39.1 Å². The molecule has 2 aromatic rings. The van der Waals surface area contributed by atoms with Crippen LogP contribution in [0.15, 0.2) is 48.5 Å². The Morgan fingerprint density at radius 3 is 2.37 bits per heavy atom. The summed E-state index contributed by atoms with van der Waals surface area (Å²) in [4.78, 5) is 28.4. The maximum Gasteiger partial charge on any atom is 0.243 e. The third-order valence-electron chi connectivity index (χ3n) is 6.86. The lowest BCUT2D eigenvalue weighted by Gasteiger charge is -2.32. The van der Waals surface area contributed by atoms with E-state index in [-0.39, 0.29) is 43.8 Å². The second-order valence-corrected chi connectivity index (χ2v) is 12.0. The minimum atomic E-state index is -3.62. The fourth-order valence-corrected chi connectivity index (χ4v) is 5.99. The van der Waals surface area contributed by atoms with Crippen LogP contribution in [0.2, 0.25) is 5.02 Å². The lowest BCUT2D eigenvalue weighted by Crippen LogP contribution is -2.51. The normalized spacial score (nSPS) is 14.6. The van der Waals surface area contributed by atoms with Crippen molar-refractivity contribution < 1.29 is 22.7 Å². The summed E-state index contributed by atoms with van der Waals surface area (Å²) >= 11 is 6.05. The number of halogens is 1. The van der Waals surface area contributed by atoms with E-state index in [1.807, 2.05) is 19.1 Å². The monoisotopic (exact) mass is 563 g/mol. The van der Waals surface area contributed by atoms with Crippen molar-refractivity contribution in [2.24, 2.45) is 0 Å². The molecule has 0 spiro atoms. The minimum absolute atomic E-state index is 0.0853. The summed E-state index contributed by atoms with van der Waals surface area (Å²) in [6.07, 6.45) is 6.07. The molecule has 0 radical (unpaired) electrons. The molecule has 2 aromatic carbocycles. The summed E-state index contributed by atoms with van der Waals surface area (Å²) in [6, 6.07) is 13.6. The number of hydrogen-bond donors (Lipinski definition) is 1. The van der Waals surface area contributed by atoms with Crippen molar-refractivity contribution in [2.45, 2.75) is 70.5 Å². The van der Waals surface area contributed by atoms with Crippen LogP contribution in [0.5, 0.6) is 5.75 Å². The van der Waals surface area contributed by atoms with E-state index in [9.17, 15) is 18.0 Å². The Hall–Kier alpha value is -2.78. The summed E-state index contributed by atoms with van der Waals surface area (Å²) in [5.74, 6) is 0.0820. The van der Waals surface area contributed by atoms with Gasteiger partial charge in [-0.2, -0.15) is 0 Å². The van der Waals surface area contributed by atoms with Crippen LogP contribution < -0.4 is 14.4 Å². The zero-order valence-corrected chi connectivity index (χ0v) is 23.9. The zero-order chi connectivity index (χ0) is 27.7. The van der Waals surface area contributed by atoms with Gasteiger partial charge in [-0.1, -0.05) is 55.6 Å². The molecule has 1 aliphatic rings. The van der Waals surface area contributed by atoms with Crippen molar-refractivity contribution in [2.75, 3.05) is 24.2 Å². The van der Waals surface area contributed by atoms with Crippen LogP contribution in [-0.2, 0) is 26.2 Å². The molecule has 1 N–H and O–H groups in total. The molecule has 0 bridgehead atoms. The molecule has 38 heavy (non-hydrogen) atoms. The first-order valence-electron chi connectivity index (χ1n) is 13.1. The number of nitrogens with one attached hydrogen (secondary N) is 1. The Morgan fingerprint density at radius 1 is 1.11 bits per heavy atom. The highest BCUT2D eigenvalue weighted by atomic mass is 35.5. The maximum atomic E-state index is 13.6. The van der Waals surface area contributed by atoms with Crippen LogP contribution in [0.3, 0.4) is 0 Å². The van der Waals surface area contributed by atoms with Crippen LogP contribution >= 0.6 is 11.6 Å². The Balaban J connectivity index is 1.77. The van der Waals surface area contributed by atoms with E-state index in [2.05, 4.69) is 5.32 Å². The van der Waals surface area contributed by atoms with Crippen molar-refractivity contribution in [3.63, 3.8) is 0 Å². The third-order valence-corrected chi connectivity index (χ3v) is 8.29. The molecule has 1 atom stereocenters. The van der Waals surface area contributed by atoms with Gasteiger partial charge in [-0.05, 0) is 55.5 Å². The first kappa shape index (κ1) is 29.8. The van der Waals surface area contributed by atoms with Gasteiger partial charge in [0.05, 0.1) is 19.1 Å². The summed E-state index contributed by atoms with van der Waals surface area (Å²) < 4.78 is 31.8. The number of methoxy groups -OCH3 is 1. The maximum absolute atomic E-state index is 13.6. The number of para-hydroxylation sites is 2. The van der Waals surface area contributed by atoms with E-state index < -0.39 is 16.1 Å². The number of carbonyl (C=O) groups excluding carboxylic acids is 2. The lowest BCUT2D eigenvalue weighted by atomic mass is 10.1. The first-order chi connectivity index (χ1) is 18.1. The molecule has 0 heterocycles. The highest BCUT2D eigenvalue weighted by Crippen LogP contribution is 2.30. The fourth-order valence-electron chi connectivity index (χ4n) is 4.89. The van der Waals surface area contributed by atoms with Crippen LogP contribution in [0.4, 0.5) is 5.69 Å². The molecule has 1 saturated carbocycles. The van der Waals surface area contributed by atoms with E-state index in [1.54, 1.807) is 41.3 Å². The zero-order valence-electron chi connectivity index (χ0n) is 22.4. The molecule has 2 amide bonds. The molecule has 208 valence electrons. The smallest absolute Gasteiger partial charge is 0.243 e. The van der Waals surface area contributed by atoms with Crippen molar-refractivity contribution in [1.82, 2.24) is 10.2 Å². The van der Waals surface area contributed by atoms with Crippen LogP contribution in [0.25, 0.3) is 0 Å². The Kier molecular flexibility index (Phi) is 10.8. The number of rotatable bonds is 13. The van der Waals surface area contributed by atoms with Gasteiger partial charge in [0.1, 0.15) is 11.8 Å². The van der Waals surface area contributed by atoms with E-state index in [4.69, 9.17) is 16.3 Å². The van der Waals surface area contributed by atoms with E-state index in [1.165, 1.54) is 11.4 Å². The van der Waals surface area contributed by atoms with Gasteiger partial charge in [0.15, 0.2) is 0 Å². The van der Waals surface area contributed by atoms with E-state index >= 15 is 0 Å². The molecule has 1 fully saturated rings. The van der Waals surface area contributed by atoms with Gasteiger partial charge in [-0.25, -0.2) is 8.42 Å². The molecular weight excluding hydrogens is 526 g/mol. The molecule has 8 nitrogen and oxygen atoms in total. The van der Waals surface area contributed by atoms with E-state index in [0.29, 0.717) is 22.9 Å². The molecule has 0 unspecified atom stereocenters. The quantitative estimate of drug-likeness (QED) is 0.379. The average molecular weight is 564 g/mol. The molecule has 3 rings (SSSR count). The molecule has 1 aliphatic carbocycles. The number of hydrogen-bond acceptors (Lipinski definition) is 5. The van der Waals surface area contributed by atoms with Crippen molar-refractivity contribution in [3.8, 4) is 5.75 Å². The Morgan fingerprint density at radius 2 is 1.76 bits per heavy atom. The van der Waals surface area contributed by atoms with Gasteiger partial charge < -0.3 is 15.0 Å². The first-order valence-corrected chi connectivity index (χ1v) is 15.3. The number of carbonyl (C=O) groups is 2. The number of amides is 2. The van der Waals surface area contributed by atoms with Crippen molar-refractivity contribution in [3.05, 3.63) is 59.1 Å². The Bertz CT molecular complexity index is 1180. The van der Waals surface area contributed by atoms with E-state index in [0.717, 1.165) is 37.5 Å². The number of nitrogens with zero attached hydrogens (tertiary/aromatic N) is 2. The molecule has 10 heteroatoms. The highest BCUT2D eigenvalue weighted by molar-refractivity contribution is 7.92. The van der Waals surface area contributed by atoms with Gasteiger partial charge in [0, 0.05) is 30.6 Å².